The van der Waals surface area contributed by atoms with E-state index in [0.29, 0.717) is 40.5 Å². The number of hydrogen-bond donors (Lipinski definition) is 3. The maximum Gasteiger partial charge on any atom is 0.412 e. The molecule has 35 heavy (non-hydrogen) atoms. The van der Waals surface area contributed by atoms with Gasteiger partial charge in [0.1, 0.15) is 11.2 Å². The topological polar surface area (TPSA) is 154 Å². The third-order valence-corrected chi connectivity index (χ3v) is 5.68. The van der Waals surface area contributed by atoms with Gasteiger partial charge in [-0.15, -0.1) is 0 Å². The van der Waals surface area contributed by atoms with E-state index in [2.05, 4.69) is 30.0 Å². The zero-order chi connectivity index (χ0) is 24.6. The summed E-state index contributed by atoms with van der Waals surface area (Å²) in [6.07, 6.45) is 1.67. The Morgan fingerprint density at radius 2 is 1.89 bits per heavy atom. The van der Waals surface area contributed by atoms with E-state index in [0.717, 1.165) is 12.8 Å². The van der Waals surface area contributed by atoms with Crippen LogP contribution in [-0.2, 0) is 19.0 Å². The molecule has 2 aromatic heterocycles. The van der Waals surface area contributed by atoms with Crippen molar-refractivity contribution < 1.29 is 28.2 Å². The molecule has 1 saturated heterocycles. The lowest BCUT2D eigenvalue weighted by atomic mass is 9.92. The fourth-order valence-corrected chi connectivity index (χ4v) is 3.58. The summed E-state index contributed by atoms with van der Waals surface area (Å²) in [6, 6.07) is 8.03. The van der Waals surface area contributed by atoms with Crippen LogP contribution < -0.4 is 11.1 Å². The van der Waals surface area contributed by atoms with Crippen LogP contribution in [0.15, 0.2) is 36.5 Å². The number of nitrogens with one attached hydrogen (secondary N) is 2. The van der Waals surface area contributed by atoms with E-state index >= 15 is 0 Å². The van der Waals surface area contributed by atoms with Crippen molar-refractivity contribution in [2.45, 2.75) is 32.1 Å². The first-order valence-electron chi connectivity index (χ1n) is 11.0. The number of rotatable bonds is 6. The Kier molecular flexibility index (Phi) is 5.91. The summed E-state index contributed by atoms with van der Waals surface area (Å²) in [7, 11) is 0. The summed E-state index contributed by atoms with van der Waals surface area (Å²) in [5, 5.41) is 3.26. The minimum absolute atomic E-state index is 0.0886. The van der Waals surface area contributed by atoms with Crippen LogP contribution in [0.25, 0.3) is 22.6 Å². The van der Waals surface area contributed by atoms with Gasteiger partial charge in [-0.25, -0.2) is 24.1 Å². The Morgan fingerprint density at radius 1 is 1.17 bits per heavy atom. The number of benzene rings is 1. The van der Waals surface area contributed by atoms with Crippen molar-refractivity contribution in [1.82, 2.24) is 19.9 Å². The summed E-state index contributed by atoms with van der Waals surface area (Å²) in [5.74, 6) is -0.377. The molecule has 182 valence electrons. The van der Waals surface area contributed by atoms with Crippen molar-refractivity contribution >= 4 is 18.0 Å². The van der Waals surface area contributed by atoms with E-state index < -0.39 is 23.8 Å². The number of imidazole rings is 1. The number of hydrogen-bond acceptors (Lipinski definition) is 9. The number of primary amides is 1. The smallest absolute Gasteiger partial charge is 0.376 e. The SMILES string of the molecule is CC1(C(=O)OC(N)=O)COC(c2nc(-c3ccc(F)cc3)c(-c3ccnc(NC4CC4)n3)[nH]2)OC1. The lowest BCUT2D eigenvalue weighted by Crippen LogP contribution is -2.45. The molecule has 4 N–H and O–H groups in total. The van der Waals surface area contributed by atoms with Gasteiger partial charge in [-0.2, -0.15) is 0 Å². The molecular weight excluding hydrogens is 459 g/mol. The van der Waals surface area contributed by atoms with Crippen LogP contribution in [0.5, 0.6) is 0 Å². The Balaban J connectivity index is 1.44. The number of amides is 1. The molecule has 1 saturated carbocycles. The van der Waals surface area contributed by atoms with E-state index in [1.165, 1.54) is 12.1 Å². The Bertz CT molecular complexity index is 1250. The van der Waals surface area contributed by atoms with E-state index in [9.17, 15) is 14.0 Å². The van der Waals surface area contributed by atoms with Crippen LogP contribution >= 0.6 is 0 Å². The number of aromatic amines is 1. The highest BCUT2D eigenvalue weighted by atomic mass is 19.1. The highest BCUT2D eigenvalue weighted by Crippen LogP contribution is 2.36. The number of nitrogens with zero attached hydrogens (tertiary/aromatic N) is 3. The van der Waals surface area contributed by atoms with Crippen molar-refractivity contribution in [2.75, 3.05) is 18.5 Å². The number of aromatic nitrogens is 4. The maximum absolute atomic E-state index is 13.6. The highest BCUT2D eigenvalue weighted by molar-refractivity contribution is 5.87. The molecule has 0 bridgehead atoms. The van der Waals surface area contributed by atoms with Crippen LogP contribution in [0.2, 0.25) is 0 Å². The Hall–Kier alpha value is -3.90. The number of carbonyl (C=O) groups excluding carboxylic acids is 2. The van der Waals surface area contributed by atoms with Crippen molar-refractivity contribution in [3.05, 3.63) is 48.2 Å². The summed E-state index contributed by atoms with van der Waals surface area (Å²) in [4.78, 5) is 39.9. The largest absolute Gasteiger partial charge is 0.412 e. The quantitative estimate of drug-likeness (QED) is 0.355. The second-order valence-corrected chi connectivity index (χ2v) is 8.76. The number of nitrogens with two attached hydrogens (primary N) is 1. The average molecular weight is 482 g/mol. The lowest BCUT2D eigenvalue weighted by Gasteiger charge is -2.34. The van der Waals surface area contributed by atoms with Gasteiger partial charge in [-0.05, 0) is 50.1 Å². The normalized spacial score (nSPS) is 21.9. The molecule has 3 heterocycles. The number of halogens is 1. The van der Waals surface area contributed by atoms with E-state index in [4.69, 9.17) is 15.2 Å². The summed E-state index contributed by atoms with van der Waals surface area (Å²) < 4.78 is 29.6. The van der Waals surface area contributed by atoms with Crippen molar-refractivity contribution in [2.24, 2.45) is 11.1 Å². The van der Waals surface area contributed by atoms with Crippen LogP contribution in [0.1, 0.15) is 31.9 Å². The van der Waals surface area contributed by atoms with Crippen LogP contribution in [-0.4, -0.2) is 51.3 Å². The van der Waals surface area contributed by atoms with Gasteiger partial charge >= 0.3 is 12.1 Å². The van der Waals surface area contributed by atoms with Gasteiger partial charge in [0.15, 0.2) is 5.82 Å². The monoisotopic (exact) mass is 482 g/mol. The maximum atomic E-state index is 13.6. The molecular formula is C23H23FN6O5. The van der Waals surface area contributed by atoms with Crippen LogP contribution in [0.4, 0.5) is 15.1 Å². The fourth-order valence-electron chi connectivity index (χ4n) is 3.58. The molecule has 0 unspecified atom stereocenters. The summed E-state index contributed by atoms with van der Waals surface area (Å²) >= 11 is 0. The summed E-state index contributed by atoms with van der Waals surface area (Å²) in [5.41, 5.74) is 6.05. The second kappa shape index (κ2) is 9.04. The van der Waals surface area contributed by atoms with Gasteiger partial charge in [0.25, 0.3) is 0 Å². The Morgan fingerprint density at radius 3 is 2.54 bits per heavy atom. The molecule has 0 atom stereocenters. The van der Waals surface area contributed by atoms with Gasteiger partial charge in [-0.3, -0.25) is 4.79 Å². The Labute approximate surface area is 199 Å². The van der Waals surface area contributed by atoms with Crippen molar-refractivity contribution in [3.63, 3.8) is 0 Å². The molecule has 1 aliphatic carbocycles. The number of anilines is 1. The van der Waals surface area contributed by atoms with Crippen LogP contribution in [0.3, 0.4) is 0 Å². The molecule has 2 aliphatic rings. The lowest BCUT2D eigenvalue weighted by molar-refractivity contribution is -0.236. The molecule has 0 spiro atoms. The minimum atomic E-state index is -1.21. The second-order valence-electron chi connectivity index (χ2n) is 8.76. The van der Waals surface area contributed by atoms with E-state index in [-0.39, 0.29) is 19.0 Å². The number of ether oxygens (including phenoxy) is 3. The zero-order valence-electron chi connectivity index (χ0n) is 18.8. The zero-order valence-corrected chi connectivity index (χ0v) is 18.8. The number of H-pyrrole nitrogens is 1. The molecule has 5 rings (SSSR count). The minimum Gasteiger partial charge on any atom is -0.376 e. The number of esters is 1. The average Bonchev–Trinajstić information content (AvgIpc) is 3.54. The first-order valence-corrected chi connectivity index (χ1v) is 11.0. The highest BCUT2D eigenvalue weighted by Gasteiger charge is 2.43. The third kappa shape index (κ3) is 4.98. The molecule has 11 nitrogen and oxygen atoms in total. The first kappa shape index (κ1) is 22.9. The van der Waals surface area contributed by atoms with E-state index in [1.54, 1.807) is 31.3 Å². The molecule has 0 radical (unpaired) electrons. The molecule has 1 amide bonds. The van der Waals surface area contributed by atoms with Crippen molar-refractivity contribution in [3.8, 4) is 22.6 Å². The van der Waals surface area contributed by atoms with Gasteiger partial charge in [0.2, 0.25) is 12.2 Å². The predicted molar refractivity (Wildman–Crippen MR) is 120 cm³/mol. The van der Waals surface area contributed by atoms with Crippen molar-refractivity contribution in [1.29, 1.82) is 0 Å². The molecule has 1 aliphatic heterocycles. The van der Waals surface area contributed by atoms with E-state index in [1.807, 2.05) is 0 Å². The van der Waals surface area contributed by atoms with Gasteiger partial charge in [0, 0.05) is 17.8 Å². The molecule has 2 fully saturated rings. The molecule has 12 heteroatoms. The third-order valence-electron chi connectivity index (χ3n) is 5.68. The standard InChI is InChI=1S/C23H23FN6O5/c1-23(20(31)35-21(25)32)10-33-19(34-11-23)18-29-16(12-2-4-13(24)5-3-12)17(30-18)15-8-9-26-22(28-15)27-14-6-7-14/h2-5,8-9,14,19H,6-7,10-11H2,1H3,(H2,25,32)(H,29,30)(H,26,27,28). The van der Waals surface area contributed by atoms with Crippen LogP contribution in [0, 0.1) is 11.2 Å². The fraction of sp³-hybridized carbons (Fsp3) is 0.348. The summed E-state index contributed by atoms with van der Waals surface area (Å²) in [6.45, 7) is 1.37. The van der Waals surface area contributed by atoms with Gasteiger partial charge in [0.05, 0.1) is 30.3 Å². The molecule has 1 aromatic carbocycles. The predicted octanol–water partition coefficient (Wildman–Crippen LogP) is 2.92. The first-order chi connectivity index (χ1) is 16.8. The number of carbonyl (C=O) groups is 2. The van der Waals surface area contributed by atoms with Gasteiger partial charge in [-0.1, -0.05) is 0 Å². The van der Waals surface area contributed by atoms with Gasteiger partial charge < -0.3 is 30.2 Å². The molecule has 3 aromatic rings.